The monoisotopic (exact) mass is 1030 g/mol. The molecule has 1 unspecified atom stereocenters. The minimum absolute atomic E-state index is 0.0664. The molecule has 0 saturated carbocycles. The number of rotatable bonds is 61. The van der Waals surface area contributed by atoms with Crippen molar-refractivity contribution in [3.05, 3.63) is 60.8 Å². The average molecular weight is 1040 g/mol. The third-order valence-corrected chi connectivity index (χ3v) is 14.8. The summed E-state index contributed by atoms with van der Waals surface area (Å²) >= 11 is 0. The van der Waals surface area contributed by atoms with Gasteiger partial charge in [-0.15, -0.1) is 0 Å². The number of unbranched alkanes of at least 4 members (excludes halogenated alkanes) is 43. The van der Waals surface area contributed by atoms with Crippen LogP contribution in [0.4, 0.5) is 0 Å². The number of carbonyl (C=O) groups is 2. The van der Waals surface area contributed by atoms with Gasteiger partial charge < -0.3 is 14.6 Å². The molecule has 0 aliphatic heterocycles. The molecule has 0 fully saturated rings. The summed E-state index contributed by atoms with van der Waals surface area (Å²) in [4.78, 5) is 24.6. The fourth-order valence-electron chi connectivity index (χ4n) is 9.94. The maximum absolute atomic E-state index is 12.3. The van der Waals surface area contributed by atoms with E-state index in [2.05, 4.69) is 74.6 Å². The molecule has 0 aliphatic carbocycles. The Labute approximate surface area is 461 Å². The van der Waals surface area contributed by atoms with Gasteiger partial charge in [-0.25, -0.2) is 0 Å². The van der Waals surface area contributed by atoms with Crippen LogP contribution in [0.5, 0.6) is 0 Å². The molecular weight excluding hydrogens is 909 g/mol. The van der Waals surface area contributed by atoms with E-state index in [0.29, 0.717) is 12.8 Å². The quantitative estimate of drug-likeness (QED) is 0.0373. The SMILES string of the molecule is CC/C=C\C/C=C\C/C=C\C/C=C\C/C=C\CCCCCCCCCCCC(=O)OC(CO)COC(=O)CCCCCCCCCCCCCCCCCCCCCCCCCCCCCCCCCCCCC. The van der Waals surface area contributed by atoms with Crippen LogP contribution in [0.3, 0.4) is 0 Å². The summed E-state index contributed by atoms with van der Waals surface area (Å²) in [5.74, 6) is -0.583. The van der Waals surface area contributed by atoms with Crippen LogP contribution in [0.25, 0.3) is 0 Å². The summed E-state index contributed by atoms with van der Waals surface area (Å²) in [5.41, 5.74) is 0. The van der Waals surface area contributed by atoms with E-state index in [-0.39, 0.29) is 25.2 Å². The Bertz CT molecular complexity index is 1260. The summed E-state index contributed by atoms with van der Waals surface area (Å²) < 4.78 is 10.7. The van der Waals surface area contributed by atoms with Gasteiger partial charge in [-0.3, -0.25) is 9.59 Å². The van der Waals surface area contributed by atoms with E-state index in [1.807, 2.05) is 0 Å². The number of hydrogen-bond acceptors (Lipinski definition) is 5. The predicted molar refractivity (Wildman–Crippen MR) is 325 cm³/mol. The molecule has 0 aromatic carbocycles. The maximum atomic E-state index is 12.3. The van der Waals surface area contributed by atoms with E-state index in [0.717, 1.165) is 70.6 Å². The van der Waals surface area contributed by atoms with E-state index < -0.39 is 6.10 Å². The van der Waals surface area contributed by atoms with Crippen LogP contribution in [-0.4, -0.2) is 36.4 Å². The lowest BCUT2D eigenvalue weighted by Gasteiger charge is -2.15. The molecule has 74 heavy (non-hydrogen) atoms. The number of aliphatic hydroxyl groups is 1. The lowest BCUT2D eigenvalue weighted by Crippen LogP contribution is -2.28. The van der Waals surface area contributed by atoms with E-state index in [4.69, 9.17) is 9.47 Å². The van der Waals surface area contributed by atoms with Crippen molar-refractivity contribution in [1.29, 1.82) is 0 Å². The van der Waals surface area contributed by atoms with Gasteiger partial charge in [0.1, 0.15) is 6.61 Å². The van der Waals surface area contributed by atoms with Crippen LogP contribution in [0.2, 0.25) is 0 Å². The zero-order valence-electron chi connectivity index (χ0n) is 49.6. The van der Waals surface area contributed by atoms with Crippen molar-refractivity contribution in [2.75, 3.05) is 13.2 Å². The molecule has 5 heteroatoms. The summed E-state index contributed by atoms with van der Waals surface area (Å²) in [6, 6.07) is 0. The molecule has 0 amide bonds. The van der Waals surface area contributed by atoms with Crippen LogP contribution in [0.1, 0.15) is 348 Å². The second kappa shape index (κ2) is 64.9. The lowest BCUT2D eigenvalue weighted by molar-refractivity contribution is -0.161. The summed E-state index contributed by atoms with van der Waals surface area (Å²) in [5, 5.41) is 9.68. The summed E-state index contributed by atoms with van der Waals surface area (Å²) in [7, 11) is 0. The third-order valence-electron chi connectivity index (χ3n) is 14.8. The van der Waals surface area contributed by atoms with Crippen LogP contribution >= 0.6 is 0 Å². The Hall–Kier alpha value is -2.40. The molecule has 5 nitrogen and oxygen atoms in total. The summed E-state index contributed by atoms with van der Waals surface area (Å²) in [6.45, 7) is 4.07. The van der Waals surface area contributed by atoms with Gasteiger partial charge in [0.05, 0.1) is 6.61 Å². The lowest BCUT2D eigenvalue weighted by atomic mass is 10.0. The number of hydrogen-bond donors (Lipinski definition) is 1. The molecule has 0 radical (unpaired) electrons. The molecule has 1 atom stereocenters. The Morgan fingerprint density at radius 1 is 0.324 bits per heavy atom. The standard InChI is InChI=1S/C69H126O5/c1-3-5-7-9-11-13-15-17-19-21-23-25-27-29-30-31-32-33-34-35-36-37-38-40-41-43-45-47-49-51-53-55-57-59-61-63-68(71)73-66-67(65-70)74-69(72)64-62-60-58-56-54-52-50-48-46-44-42-39-28-26-24-22-20-18-16-14-12-10-8-6-4-2/h6,8,12,14,18,20,24,26,39,42,67,70H,3-5,7,9-11,13,15-17,19,21-23,25,27-38,40-41,43-66H2,1-2H3/b8-6-,14-12-,20-18-,26-24-,42-39-. The molecule has 0 rings (SSSR count). The number of ether oxygens (including phenoxy) is 2. The van der Waals surface area contributed by atoms with Crippen molar-refractivity contribution in [3.63, 3.8) is 0 Å². The van der Waals surface area contributed by atoms with Gasteiger partial charge in [-0.2, -0.15) is 0 Å². The highest BCUT2D eigenvalue weighted by Crippen LogP contribution is 2.18. The highest BCUT2D eigenvalue weighted by Gasteiger charge is 2.16. The zero-order chi connectivity index (χ0) is 53.4. The highest BCUT2D eigenvalue weighted by molar-refractivity contribution is 5.70. The zero-order valence-corrected chi connectivity index (χ0v) is 49.6. The fraction of sp³-hybridized carbons (Fsp3) is 0.826. The molecule has 1 N–H and O–H groups in total. The van der Waals surface area contributed by atoms with Crippen molar-refractivity contribution < 1.29 is 24.2 Å². The van der Waals surface area contributed by atoms with Gasteiger partial charge in [0, 0.05) is 12.8 Å². The first kappa shape index (κ1) is 71.6. The number of aliphatic hydroxyl groups excluding tert-OH is 1. The molecule has 432 valence electrons. The maximum Gasteiger partial charge on any atom is 0.306 e. The normalized spacial score (nSPS) is 12.5. The Kier molecular flexibility index (Phi) is 62.8. The van der Waals surface area contributed by atoms with E-state index >= 15 is 0 Å². The number of allylic oxidation sites excluding steroid dienone is 10. The fourth-order valence-corrected chi connectivity index (χ4v) is 9.94. The molecule has 0 aliphatic rings. The topological polar surface area (TPSA) is 72.8 Å². The smallest absolute Gasteiger partial charge is 0.306 e. The van der Waals surface area contributed by atoms with Crippen molar-refractivity contribution in [2.45, 2.75) is 354 Å². The van der Waals surface area contributed by atoms with Gasteiger partial charge >= 0.3 is 11.9 Å². The predicted octanol–water partition coefficient (Wildman–Crippen LogP) is 22.5. The molecule has 0 spiro atoms. The average Bonchev–Trinajstić information content (AvgIpc) is 3.40. The molecule has 0 saturated heterocycles. The van der Waals surface area contributed by atoms with Gasteiger partial charge in [0.25, 0.3) is 0 Å². The largest absolute Gasteiger partial charge is 0.462 e. The number of carbonyl (C=O) groups excluding carboxylic acids is 2. The Balaban J connectivity index is 3.41. The molecule has 0 aromatic heterocycles. The van der Waals surface area contributed by atoms with Crippen molar-refractivity contribution in [1.82, 2.24) is 0 Å². The van der Waals surface area contributed by atoms with Crippen molar-refractivity contribution in [3.8, 4) is 0 Å². The second-order valence-electron chi connectivity index (χ2n) is 22.2. The van der Waals surface area contributed by atoms with Crippen molar-refractivity contribution >= 4 is 11.9 Å². The second-order valence-corrected chi connectivity index (χ2v) is 22.2. The van der Waals surface area contributed by atoms with Crippen LogP contribution in [-0.2, 0) is 19.1 Å². The minimum atomic E-state index is -0.777. The third kappa shape index (κ3) is 62.1. The van der Waals surface area contributed by atoms with Crippen LogP contribution in [0.15, 0.2) is 60.8 Å². The molecular formula is C69H126O5. The highest BCUT2D eigenvalue weighted by atomic mass is 16.6. The first-order valence-electron chi connectivity index (χ1n) is 32.8. The molecule has 0 bridgehead atoms. The van der Waals surface area contributed by atoms with Crippen LogP contribution in [0, 0.1) is 0 Å². The first-order chi connectivity index (χ1) is 36.6. The summed E-state index contributed by atoms with van der Waals surface area (Å²) in [6.07, 6.45) is 88.2. The van der Waals surface area contributed by atoms with Crippen LogP contribution < -0.4 is 0 Å². The van der Waals surface area contributed by atoms with Gasteiger partial charge in [0.15, 0.2) is 6.10 Å². The molecule has 0 heterocycles. The molecule has 0 aromatic rings. The van der Waals surface area contributed by atoms with Gasteiger partial charge in [-0.05, 0) is 57.8 Å². The minimum Gasteiger partial charge on any atom is -0.462 e. The Morgan fingerprint density at radius 2 is 0.581 bits per heavy atom. The van der Waals surface area contributed by atoms with Gasteiger partial charge in [-0.1, -0.05) is 338 Å². The van der Waals surface area contributed by atoms with Gasteiger partial charge in [0.2, 0.25) is 0 Å². The van der Waals surface area contributed by atoms with Crippen molar-refractivity contribution in [2.24, 2.45) is 0 Å². The number of esters is 2. The van der Waals surface area contributed by atoms with E-state index in [1.165, 1.54) is 250 Å². The first-order valence-corrected chi connectivity index (χ1v) is 32.8. The van der Waals surface area contributed by atoms with E-state index in [1.54, 1.807) is 0 Å². The Morgan fingerprint density at radius 3 is 0.878 bits per heavy atom. The van der Waals surface area contributed by atoms with E-state index in [9.17, 15) is 14.7 Å².